The van der Waals surface area contributed by atoms with Crippen LogP contribution in [0.15, 0.2) is 54.6 Å². The van der Waals surface area contributed by atoms with E-state index in [1.807, 2.05) is 0 Å². The standard InChI is InChI=1S/C16H14O7/c17-13-11-8-4-5-9-12(11)22-15(14(13)18,23-16(19,20)21)10-6-2-1-3-7-10/h1-9,14,18-21H. The highest BCUT2D eigenvalue weighted by molar-refractivity contribution is 6.03. The molecule has 0 amide bonds. The van der Waals surface area contributed by atoms with Gasteiger partial charge in [-0.3, -0.25) is 9.53 Å². The van der Waals surface area contributed by atoms with E-state index in [2.05, 4.69) is 0 Å². The third-order valence-electron chi connectivity index (χ3n) is 3.49. The van der Waals surface area contributed by atoms with E-state index in [1.54, 1.807) is 30.3 Å². The number of benzene rings is 2. The maximum absolute atomic E-state index is 12.4. The van der Waals surface area contributed by atoms with E-state index in [1.165, 1.54) is 24.3 Å². The summed E-state index contributed by atoms with van der Waals surface area (Å²) in [4.78, 5) is 12.4. The molecule has 1 heterocycles. The summed E-state index contributed by atoms with van der Waals surface area (Å²) in [5, 5.41) is 38.1. The maximum Gasteiger partial charge on any atom is 0.408 e. The van der Waals surface area contributed by atoms with Gasteiger partial charge in [-0.15, -0.1) is 0 Å². The average Bonchev–Trinajstić information content (AvgIpc) is 2.52. The first-order valence-electron chi connectivity index (χ1n) is 6.77. The Kier molecular flexibility index (Phi) is 3.67. The summed E-state index contributed by atoms with van der Waals surface area (Å²) in [6.07, 6.45) is -5.55. The van der Waals surface area contributed by atoms with Crippen molar-refractivity contribution < 1.29 is 34.7 Å². The molecule has 7 nitrogen and oxygen atoms in total. The molecular weight excluding hydrogens is 304 g/mol. The second-order valence-electron chi connectivity index (χ2n) is 5.07. The van der Waals surface area contributed by atoms with E-state index in [0.29, 0.717) is 0 Å². The lowest BCUT2D eigenvalue weighted by Gasteiger charge is -2.42. The molecule has 2 atom stereocenters. The van der Waals surface area contributed by atoms with E-state index < -0.39 is 23.8 Å². The van der Waals surface area contributed by atoms with Gasteiger partial charge in [0.25, 0.3) is 5.79 Å². The number of ether oxygens (including phenoxy) is 2. The zero-order valence-corrected chi connectivity index (χ0v) is 11.8. The molecule has 0 aliphatic carbocycles. The molecule has 4 N–H and O–H groups in total. The third-order valence-corrected chi connectivity index (χ3v) is 3.49. The molecule has 1 aliphatic rings. The van der Waals surface area contributed by atoms with E-state index in [-0.39, 0.29) is 16.9 Å². The number of hydrogen-bond donors (Lipinski definition) is 4. The van der Waals surface area contributed by atoms with Crippen LogP contribution >= 0.6 is 0 Å². The van der Waals surface area contributed by atoms with Crippen molar-refractivity contribution in [3.8, 4) is 5.75 Å². The second kappa shape index (κ2) is 5.41. The monoisotopic (exact) mass is 318 g/mol. The molecule has 0 saturated heterocycles. The first-order valence-corrected chi connectivity index (χ1v) is 6.77. The van der Waals surface area contributed by atoms with Gasteiger partial charge < -0.3 is 25.2 Å². The van der Waals surface area contributed by atoms with E-state index in [9.17, 15) is 25.2 Å². The topological polar surface area (TPSA) is 116 Å². The minimum absolute atomic E-state index is 0.0795. The Morgan fingerprint density at radius 3 is 2.26 bits per heavy atom. The van der Waals surface area contributed by atoms with Crippen LogP contribution < -0.4 is 4.74 Å². The Morgan fingerprint density at radius 1 is 1.00 bits per heavy atom. The van der Waals surface area contributed by atoms with E-state index in [0.717, 1.165) is 0 Å². The van der Waals surface area contributed by atoms with Crippen LogP contribution in [0.3, 0.4) is 0 Å². The quantitative estimate of drug-likeness (QED) is 0.592. The zero-order valence-electron chi connectivity index (χ0n) is 11.8. The fourth-order valence-electron chi connectivity index (χ4n) is 2.52. The van der Waals surface area contributed by atoms with Gasteiger partial charge >= 0.3 is 6.16 Å². The van der Waals surface area contributed by atoms with E-state index in [4.69, 9.17) is 9.47 Å². The highest BCUT2D eigenvalue weighted by Crippen LogP contribution is 2.42. The Labute approximate surface area is 131 Å². The van der Waals surface area contributed by atoms with Crippen molar-refractivity contribution in [2.45, 2.75) is 18.1 Å². The highest BCUT2D eigenvalue weighted by Gasteiger charge is 2.55. The molecule has 2 unspecified atom stereocenters. The minimum Gasteiger partial charge on any atom is -0.454 e. The van der Waals surface area contributed by atoms with Crippen molar-refractivity contribution in [1.82, 2.24) is 0 Å². The largest absolute Gasteiger partial charge is 0.454 e. The van der Waals surface area contributed by atoms with Crippen LogP contribution in [-0.4, -0.2) is 38.5 Å². The van der Waals surface area contributed by atoms with E-state index >= 15 is 0 Å². The maximum atomic E-state index is 12.4. The molecule has 2 aromatic rings. The number of aliphatic hydroxyl groups is 4. The van der Waals surface area contributed by atoms with Crippen molar-refractivity contribution in [1.29, 1.82) is 0 Å². The van der Waals surface area contributed by atoms with Crippen LogP contribution in [0.2, 0.25) is 0 Å². The Hall–Kier alpha value is -2.29. The summed E-state index contributed by atoms with van der Waals surface area (Å²) >= 11 is 0. The molecule has 23 heavy (non-hydrogen) atoms. The van der Waals surface area contributed by atoms with Crippen LogP contribution in [-0.2, 0) is 10.5 Å². The van der Waals surface area contributed by atoms with Crippen LogP contribution in [0.1, 0.15) is 15.9 Å². The molecular formula is C16H14O7. The number of aliphatic hydroxyl groups excluding tert-OH is 1. The molecule has 0 aromatic heterocycles. The first kappa shape index (κ1) is 15.6. The average molecular weight is 318 g/mol. The van der Waals surface area contributed by atoms with Crippen molar-refractivity contribution in [3.05, 3.63) is 65.7 Å². The number of ketones is 1. The number of rotatable bonds is 3. The van der Waals surface area contributed by atoms with Gasteiger partial charge in [0, 0.05) is 5.56 Å². The predicted octanol–water partition coefficient (Wildman–Crippen LogP) is 0.0804. The molecule has 2 aromatic carbocycles. The first-order chi connectivity index (χ1) is 10.8. The zero-order chi connectivity index (χ0) is 16.7. The van der Waals surface area contributed by atoms with Crippen LogP contribution in [0.5, 0.6) is 5.75 Å². The summed E-state index contributed by atoms with van der Waals surface area (Å²) in [7, 11) is 0. The summed E-state index contributed by atoms with van der Waals surface area (Å²) in [6.45, 7) is 0. The number of hydrogen-bond acceptors (Lipinski definition) is 7. The van der Waals surface area contributed by atoms with Gasteiger partial charge in [0.2, 0.25) is 5.78 Å². The lowest BCUT2D eigenvalue weighted by molar-refractivity contribution is -0.510. The van der Waals surface area contributed by atoms with Crippen LogP contribution in [0.4, 0.5) is 0 Å². The van der Waals surface area contributed by atoms with Crippen LogP contribution in [0, 0.1) is 0 Å². The van der Waals surface area contributed by atoms with Gasteiger partial charge in [0.15, 0.2) is 6.10 Å². The van der Waals surface area contributed by atoms with Gasteiger partial charge in [0.1, 0.15) is 5.75 Å². The summed E-state index contributed by atoms with van der Waals surface area (Å²) in [6, 6.07) is 13.9. The lowest BCUT2D eigenvalue weighted by Crippen LogP contribution is -2.58. The molecule has 0 bridgehead atoms. The molecule has 3 rings (SSSR count). The molecule has 0 saturated carbocycles. The smallest absolute Gasteiger partial charge is 0.408 e. The number of carbonyl (C=O) groups is 1. The number of Topliss-reactive ketones (excluding diaryl/α,β-unsaturated/α-hetero) is 1. The Balaban J connectivity index is 2.19. The van der Waals surface area contributed by atoms with Crippen molar-refractivity contribution in [2.75, 3.05) is 0 Å². The van der Waals surface area contributed by atoms with Crippen molar-refractivity contribution in [3.63, 3.8) is 0 Å². The van der Waals surface area contributed by atoms with Gasteiger partial charge in [-0.1, -0.05) is 42.5 Å². The SMILES string of the molecule is O=C1c2ccccc2OC(OC(O)(O)O)(c2ccccc2)C1O. The predicted molar refractivity (Wildman–Crippen MR) is 76.0 cm³/mol. The minimum atomic E-state index is -3.62. The fraction of sp³-hybridized carbons (Fsp3) is 0.188. The van der Waals surface area contributed by atoms with Gasteiger partial charge in [-0.25, -0.2) is 0 Å². The molecule has 1 aliphatic heterocycles. The molecule has 0 radical (unpaired) electrons. The fourth-order valence-corrected chi connectivity index (χ4v) is 2.52. The van der Waals surface area contributed by atoms with Crippen LogP contribution in [0.25, 0.3) is 0 Å². The number of carbonyl (C=O) groups excluding carboxylic acids is 1. The normalized spacial score (nSPS) is 24.0. The highest BCUT2D eigenvalue weighted by atomic mass is 16.9. The Bertz CT molecular complexity index is 723. The number of para-hydroxylation sites is 1. The van der Waals surface area contributed by atoms with Crippen molar-refractivity contribution >= 4 is 5.78 Å². The third kappa shape index (κ3) is 2.72. The van der Waals surface area contributed by atoms with Gasteiger partial charge in [0.05, 0.1) is 5.56 Å². The van der Waals surface area contributed by atoms with Gasteiger partial charge in [-0.05, 0) is 12.1 Å². The molecule has 120 valence electrons. The summed E-state index contributed by atoms with van der Waals surface area (Å²) < 4.78 is 10.4. The lowest BCUT2D eigenvalue weighted by atomic mass is 9.90. The molecule has 0 spiro atoms. The number of fused-ring (bicyclic) bond motifs is 1. The second-order valence-corrected chi connectivity index (χ2v) is 5.07. The van der Waals surface area contributed by atoms with Crippen molar-refractivity contribution in [2.24, 2.45) is 0 Å². The summed E-state index contributed by atoms with van der Waals surface area (Å²) in [5.74, 6) is -2.97. The van der Waals surface area contributed by atoms with Gasteiger partial charge in [-0.2, -0.15) is 0 Å². The summed E-state index contributed by atoms with van der Waals surface area (Å²) in [5.41, 5.74) is 0.242. The molecule has 7 heteroatoms. The molecule has 0 fully saturated rings. The Morgan fingerprint density at radius 2 is 1.61 bits per heavy atom.